The molecule has 0 bridgehead atoms. The normalized spacial score (nSPS) is 17.3. The van der Waals surface area contributed by atoms with Crippen molar-refractivity contribution in [3.63, 3.8) is 0 Å². The van der Waals surface area contributed by atoms with E-state index in [0.29, 0.717) is 22.7 Å². The van der Waals surface area contributed by atoms with Crippen molar-refractivity contribution in [3.8, 4) is 17.1 Å². The Bertz CT molecular complexity index is 1370. The van der Waals surface area contributed by atoms with Crippen LogP contribution < -0.4 is 15.0 Å². The van der Waals surface area contributed by atoms with Crippen LogP contribution in [0.15, 0.2) is 59.3 Å². The van der Waals surface area contributed by atoms with E-state index in [2.05, 4.69) is 37.3 Å². The average molecular weight is 479 g/mol. The van der Waals surface area contributed by atoms with Crippen LogP contribution in [0.1, 0.15) is 12.8 Å². The largest absolute Gasteiger partial charge is 0.433 e. The van der Waals surface area contributed by atoms with Gasteiger partial charge in [0.1, 0.15) is 5.69 Å². The third kappa shape index (κ3) is 3.93. The van der Waals surface area contributed by atoms with Crippen LogP contribution in [0.2, 0.25) is 0 Å². The van der Waals surface area contributed by atoms with E-state index in [0.717, 1.165) is 37.1 Å². The molecule has 1 N–H and O–H groups in total. The number of hydrogen-bond donors (Lipinski definition) is 1. The Morgan fingerprint density at radius 3 is 2.80 bits per heavy atom. The molecule has 2 fully saturated rings. The second-order valence-corrected chi connectivity index (χ2v) is 9.08. The van der Waals surface area contributed by atoms with Crippen LogP contribution in [0.5, 0.6) is 5.75 Å². The summed E-state index contributed by atoms with van der Waals surface area (Å²) in [6, 6.07) is 14.5. The molecule has 4 aromatic rings. The number of ether oxygens (including phenoxy) is 1. The molecule has 8 nitrogen and oxygen atoms in total. The number of para-hydroxylation sites is 1. The predicted molar refractivity (Wildman–Crippen MR) is 128 cm³/mol. The number of fused-ring (bicyclic) bond motifs is 1. The van der Waals surface area contributed by atoms with Crippen LogP contribution in [-0.2, 0) is 0 Å². The number of benzene rings is 2. The number of hydrogen-bond acceptors (Lipinski definition) is 8. The minimum absolute atomic E-state index is 0.0408. The van der Waals surface area contributed by atoms with Gasteiger partial charge < -0.3 is 19.5 Å². The summed E-state index contributed by atoms with van der Waals surface area (Å²) < 4.78 is 36.7. The Balaban J connectivity index is 1.26. The number of anilines is 3. The molecule has 0 saturated carbocycles. The number of likely N-dealkylation sites (tertiary alicyclic amines) is 1. The molecule has 6 rings (SSSR count). The molecule has 2 aliphatic heterocycles. The number of rotatable bonds is 6. The molecule has 2 aliphatic rings. The van der Waals surface area contributed by atoms with E-state index in [9.17, 15) is 8.78 Å². The van der Waals surface area contributed by atoms with Crippen molar-refractivity contribution in [3.05, 3.63) is 54.7 Å². The van der Waals surface area contributed by atoms with Gasteiger partial charge in [-0.25, -0.2) is 9.97 Å². The van der Waals surface area contributed by atoms with Crippen LogP contribution >= 0.6 is 0 Å². The van der Waals surface area contributed by atoms with Crippen molar-refractivity contribution in [1.82, 2.24) is 20.0 Å². The van der Waals surface area contributed by atoms with Gasteiger partial charge in [0, 0.05) is 31.0 Å². The molecule has 0 atom stereocenters. The summed E-state index contributed by atoms with van der Waals surface area (Å²) in [5.74, 6) is 0.274. The van der Waals surface area contributed by atoms with Crippen molar-refractivity contribution >= 4 is 28.3 Å². The quantitative estimate of drug-likeness (QED) is 0.419. The fraction of sp³-hybridized carbons (Fsp3) is 0.320. The van der Waals surface area contributed by atoms with Crippen LogP contribution in [0.25, 0.3) is 22.4 Å². The highest BCUT2D eigenvalue weighted by Gasteiger charge is 2.48. The first-order valence-corrected chi connectivity index (χ1v) is 11.5. The number of nitrogens with one attached hydrogen (secondary N) is 1. The van der Waals surface area contributed by atoms with E-state index in [1.54, 1.807) is 24.4 Å². The van der Waals surface area contributed by atoms with Crippen molar-refractivity contribution in [2.24, 2.45) is 0 Å². The molecule has 0 amide bonds. The van der Waals surface area contributed by atoms with Gasteiger partial charge in [0.15, 0.2) is 11.3 Å². The summed E-state index contributed by atoms with van der Waals surface area (Å²) in [5.41, 5.74) is 3.17. The Hall–Kier alpha value is -3.79. The van der Waals surface area contributed by atoms with E-state index >= 15 is 0 Å². The molecule has 180 valence electrons. The highest BCUT2D eigenvalue weighted by atomic mass is 19.3. The number of alkyl halides is 2. The standard InChI is InChI=1S/C25H24F2N6O2/c1-32-12-4-10-25(32)14-33(15-25)16-7-8-18(21(13-16)34-23(26)27)29-24-28-11-9-19(30-24)22-17-5-2-3-6-20(17)35-31-22/h2-3,5-9,11,13,23H,4,10,12,14-15H2,1H3,(H,28,29,30). The van der Waals surface area contributed by atoms with E-state index in [-0.39, 0.29) is 17.2 Å². The maximum Gasteiger partial charge on any atom is 0.387 e. The molecular formula is C25H24F2N6O2. The Morgan fingerprint density at radius 2 is 2.00 bits per heavy atom. The molecule has 2 saturated heterocycles. The third-order valence-electron chi connectivity index (χ3n) is 6.98. The first-order valence-electron chi connectivity index (χ1n) is 11.5. The van der Waals surface area contributed by atoms with Gasteiger partial charge in [0.05, 0.1) is 22.3 Å². The van der Waals surface area contributed by atoms with Gasteiger partial charge in [-0.1, -0.05) is 17.3 Å². The summed E-state index contributed by atoms with van der Waals surface area (Å²) in [6.07, 6.45) is 3.93. The predicted octanol–water partition coefficient (Wildman–Crippen LogP) is 4.91. The fourth-order valence-corrected chi connectivity index (χ4v) is 5.07. The van der Waals surface area contributed by atoms with Gasteiger partial charge in [-0.3, -0.25) is 4.90 Å². The minimum atomic E-state index is -2.96. The molecular weight excluding hydrogens is 454 g/mol. The molecule has 2 aromatic heterocycles. The molecule has 0 aliphatic carbocycles. The number of halogens is 2. The molecule has 1 spiro atoms. The topological polar surface area (TPSA) is 79.5 Å². The van der Waals surface area contributed by atoms with Gasteiger partial charge in [-0.05, 0) is 56.8 Å². The van der Waals surface area contributed by atoms with E-state index in [1.807, 2.05) is 30.3 Å². The van der Waals surface area contributed by atoms with Gasteiger partial charge in [-0.2, -0.15) is 8.78 Å². The van der Waals surface area contributed by atoms with Gasteiger partial charge >= 0.3 is 6.61 Å². The lowest BCUT2D eigenvalue weighted by atomic mass is 9.86. The summed E-state index contributed by atoms with van der Waals surface area (Å²) in [5, 5.41) is 7.97. The Labute approximate surface area is 200 Å². The minimum Gasteiger partial charge on any atom is -0.433 e. The second kappa shape index (κ2) is 8.46. The van der Waals surface area contributed by atoms with Crippen LogP contribution in [0.4, 0.5) is 26.1 Å². The summed E-state index contributed by atoms with van der Waals surface area (Å²) >= 11 is 0. The monoisotopic (exact) mass is 478 g/mol. The zero-order chi connectivity index (χ0) is 24.0. The van der Waals surface area contributed by atoms with Gasteiger partial charge in [0.2, 0.25) is 5.95 Å². The zero-order valence-electron chi connectivity index (χ0n) is 19.1. The molecule has 4 heterocycles. The van der Waals surface area contributed by atoms with Crippen molar-refractivity contribution < 1.29 is 18.0 Å². The highest BCUT2D eigenvalue weighted by molar-refractivity contribution is 5.90. The summed E-state index contributed by atoms with van der Waals surface area (Å²) in [4.78, 5) is 13.4. The van der Waals surface area contributed by atoms with Gasteiger partial charge in [0.25, 0.3) is 0 Å². The lowest BCUT2D eigenvalue weighted by Gasteiger charge is -2.53. The van der Waals surface area contributed by atoms with Crippen molar-refractivity contribution in [2.75, 3.05) is 36.9 Å². The SMILES string of the molecule is CN1CCCC12CN(c1ccc(Nc3nccc(-c4noc5ccccc45)n3)c(OC(F)F)c1)C2. The third-order valence-corrected chi connectivity index (χ3v) is 6.98. The summed E-state index contributed by atoms with van der Waals surface area (Å²) in [7, 11) is 2.15. The smallest absolute Gasteiger partial charge is 0.387 e. The van der Waals surface area contributed by atoms with Gasteiger partial charge in [-0.15, -0.1) is 0 Å². The number of aromatic nitrogens is 3. The second-order valence-electron chi connectivity index (χ2n) is 9.08. The Kier molecular flexibility index (Phi) is 5.25. The van der Waals surface area contributed by atoms with Crippen molar-refractivity contribution in [1.29, 1.82) is 0 Å². The highest BCUT2D eigenvalue weighted by Crippen LogP contribution is 2.41. The summed E-state index contributed by atoms with van der Waals surface area (Å²) in [6.45, 7) is -0.106. The lowest BCUT2D eigenvalue weighted by molar-refractivity contribution is -0.0493. The van der Waals surface area contributed by atoms with Crippen LogP contribution in [-0.4, -0.2) is 58.9 Å². The maximum atomic E-state index is 13.2. The van der Waals surface area contributed by atoms with E-state index in [4.69, 9.17) is 9.26 Å². The van der Waals surface area contributed by atoms with Crippen LogP contribution in [0, 0.1) is 0 Å². The molecule has 35 heavy (non-hydrogen) atoms. The van der Waals surface area contributed by atoms with E-state index < -0.39 is 6.61 Å². The average Bonchev–Trinajstić information content (AvgIpc) is 3.43. The molecule has 2 aromatic carbocycles. The zero-order valence-corrected chi connectivity index (χ0v) is 19.1. The van der Waals surface area contributed by atoms with Crippen LogP contribution in [0.3, 0.4) is 0 Å². The number of likely N-dealkylation sites (N-methyl/N-ethyl adjacent to an activating group) is 1. The fourth-order valence-electron chi connectivity index (χ4n) is 5.07. The first kappa shape index (κ1) is 21.7. The van der Waals surface area contributed by atoms with E-state index in [1.165, 1.54) is 6.42 Å². The molecule has 0 unspecified atom stereocenters. The lowest BCUT2D eigenvalue weighted by Crippen LogP contribution is -2.67. The molecule has 10 heteroatoms. The number of nitrogens with zero attached hydrogens (tertiary/aromatic N) is 5. The first-order chi connectivity index (χ1) is 17.0. The molecule has 0 radical (unpaired) electrons. The maximum absolute atomic E-state index is 13.2. The Morgan fingerprint density at radius 1 is 1.14 bits per heavy atom. The van der Waals surface area contributed by atoms with Crippen molar-refractivity contribution in [2.45, 2.75) is 25.0 Å².